The summed E-state index contributed by atoms with van der Waals surface area (Å²) in [5.41, 5.74) is 3.24. The molecule has 2 amide bonds. The molecule has 1 unspecified atom stereocenters. The van der Waals surface area contributed by atoms with E-state index in [-0.39, 0.29) is 17.7 Å². The summed E-state index contributed by atoms with van der Waals surface area (Å²) in [6, 6.07) is 9.62. The molecule has 1 aliphatic rings. The van der Waals surface area contributed by atoms with Crippen LogP contribution in [-0.2, 0) is 4.74 Å². The van der Waals surface area contributed by atoms with Crippen LogP contribution in [0.2, 0.25) is 0 Å². The van der Waals surface area contributed by atoms with Crippen molar-refractivity contribution in [3.63, 3.8) is 0 Å². The van der Waals surface area contributed by atoms with E-state index in [0.29, 0.717) is 13.1 Å². The molecule has 0 spiro atoms. The lowest BCUT2D eigenvalue weighted by molar-refractivity contribution is -0.116. The molecule has 1 atom stereocenters. The van der Waals surface area contributed by atoms with Crippen LogP contribution in [0.15, 0.2) is 30.3 Å². The second-order valence-electron chi connectivity index (χ2n) is 7.35. The number of carbonyl (C=O) groups excluding carboxylic acids is 1. The maximum Gasteiger partial charge on any atom is 0.322 e. The minimum atomic E-state index is -0.343. The molecule has 0 bridgehead atoms. The number of urea groups is 1. The summed E-state index contributed by atoms with van der Waals surface area (Å²) in [5.74, 6) is 0. The molecule has 0 aliphatic carbocycles. The third kappa shape index (κ3) is 3.85. The fourth-order valence-electron chi connectivity index (χ4n) is 3.44. The van der Waals surface area contributed by atoms with Gasteiger partial charge in [-0.15, -0.1) is 0 Å². The molecule has 1 saturated heterocycles. The van der Waals surface area contributed by atoms with Crippen LogP contribution in [0.1, 0.15) is 32.2 Å². The fraction of sp³-hybridized carbons (Fsp3) is 0.474. The van der Waals surface area contributed by atoms with Crippen molar-refractivity contribution in [2.45, 2.75) is 46.3 Å². The smallest absolute Gasteiger partial charge is 0.322 e. The van der Waals surface area contributed by atoms with Gasteiger partial charge in [0.2, 0.25) is 0 Å². The number of morpholine rings is 1. The van der Waals surface area contributed by atoms with Crippen molar-refractivity contribution in [3.8, 4) is 5.69 Å². The molecule has 0 radical (unpaired) electrons. The van der Waals surface area contributed by atoms with Crippen LogP contribution in [0.25, 0.3) is 5.69 Å². The Balaban J connectivity index is 1.84. The molecule has 2 heterocycles. The van der Waals surface area contributed by atoms with Gasteiger partial charge in [0.05, 0.1) is 35.3 Å². The highest BCUT2D eigenvalue weighted by atomic mass is 16.5. The van der Waals surface area contributed by atoms with Crippen LogP contribution in [-0.4, -0.2) is 45.5 Å². The van der Waals surface area contributed by atoms with Gasteiger partial charge in [0, 0.05) is 12.2 Å². The summed E-state index contributed by atoms with van der Waals surface area (Å²) in [6.45, 7) is 11.1. The highest BCUT2D eigenvalue weighted by Gasteiger charge is 2.33. The Morgan fingerprint density at radius 1 is 1.32 bits per heavy atom. The molecule has 1 N–H and O–H groups in total. The molecule has 25 heavy (non-hydrogen) atoms. The van der Waals surface area contributed by atoms with E-state index >= 15 is 0 Å². The molecular weight excluding hydrogens is 316 g/mol. The van der Waals surface area contributed by atoms with Crippen molar-refractivity contribution in [2.75, 3.05) is 18.4 Å². The largest absolute Gasteiger partial charge is 0.369 e. The number of amides is 2. The summed E-state index contributed by atoms with van der Waals surface area (Å²) >= 11 is 0. The van der Waals surface area contributed by atoms with Crippen LogP contribution in [0.4, 0.5) is 10.5 Å². The monoisotopic (exact) mass is 342 g/mol. The molecule has 0 saturated carbocycles. The second kappa shape index (κ2) is 6.52. The van der Waals surface area contributed by atoms with E-state index in [2.05, 4.69) is 10.4 Å². The lowest BCUT2D eigenvalue weighted by atomic mass is 10.1. The Morgan fingerprint density at radius 2 is 2.04 bits per heavy atom. The predicted octanol–water partition coefficient (Wildman–Crippen LogP) is 3.52. The maximum absolute atomic E-state index is 12.8. The molecule has 1 aliphatic heterocycles. The number of aromatic nitrogens is 2. The van der Waals surface area contributed by atoms with Crippen LogP contribution >= 0.6 is 0 Å². The zero-order valence-corrected chi connectivity index (χ0v) is 15.5. The molecule has 134 valence electrons. The lowest BCUT2D eigenvalue weighted by Crippen LogP contribution is -2.54. The number of nitrogens with zero attached hydrogens (tertiary/aromatic N) is 3. The van der Waals surface area contributed by atoms with Gasteiger partial charge in [0.1, 0.15) is 0 Å². The number of para-hydroxylation sites is 2. The summed E-state index contributed by atoms with van der Waals surface area (Å²) in [4.78, 5) is 14.6. The lowest BCUT2D eigenvalue weighted by Gasteiger charge is -2.41. The second-order valence-corrected chi connectivity index (χ2v) is 7.35. The first-order valence-electron chi connectivity index (χ1n) is 8.61. The van der Waals surface area contributed by atoms with Gasteiger partial charge in [-0.1, -0.05) is 12.1 Å². The van der Waals surface area contributed by atoms with Crippen LogP contribution in [0.5, 0.6) is 0 Å². The third-order valence-electron chi connectivity index (χ3n) is 4.24. The molecule has 1 aromatic carbocycles. The number of anilines is 1. The zero-order valence-electron chi connectivity index (χ0n) is 15.5. The summed E-state index contributed by atoms with van der Waals surface area (Å²) in [6.07, 6.45) is 0.0146. The van der Waals surface area contributed by atoms with Crippen molar-refractivity contribution in [3.05, 3.63) is 41.7 Å². The van der Waals surface area contributed by atoms with E-state index in [1.54, 1.807) is 0 Å². The van der Waals surface area contributed by atoms with Gasteiger partial charge in [-0.05, 0) is 52.8 Å². The molecule has 6 heteroatoms. The van der Waals surface area contributed by atoms with Gasteiger partial charge in [-0.25, -0.2) is 9.48 Å². The number of benzene rings is 1. The van der Waals surface area contributed by atoms with Gasteiger partial charge < -0.3 is 15.0 Å². The fourth-order valence-corrected chi connectivity index (χ4v) is 3.44. The maximum atomic E-state index is 12.8. The Hall–Kier alpha value is -2.34. The first-order chi connectivity index (χ1) is 11.7. The average molecular weight is 342 g/mol. The topological polar surface area (TPSA) is 59.4 Å². The first kappa shape index (κ1) is 17.5. The van der Waals surface area contributed by atoms with E-state index in [9.17, 15) is 4.79 Å². The van der Waals surface area contributed by atoms with Gasteiger partial charge in [0.25, 0.3) is 0 Å². The minimum Gasteiger partial charge on any atom is -0.369 e. The number of nitrogens with one attached hydrogen (secondary N) is 1. The number of ether oxygens (including phenoxy) is 1. The zero-order chi connectivity index (χ0) is 18.2. The molecule has 3 rings (SSSR count). The van der Waals surface area contributed by atoms with Crippen LogP contribution < -0.4 is 5.32 Å². The van der Waals surface area contributed by atoms with Crippen molar-refractivity contribution in [1.29, 1.82) is 0 Å². The van der Waals surface area contributed by atoms with Crippen molar-refractivity contribution < 1.29 is 9.53 Å². The number of hydrogen-bond acceptors (Lipinski definition) is 3. The number of carbonyl (C=O) groups is 1. The Morgan fingerprint density at radius 3 is 2.68 bits per heavy atom. The third-order valence-corrected chi connectivity index (χ3v) is 4.24. The van der Waals surface area contributed by atoms with Gasteiger partial charge in [0.15, 0.2) is 0 Å². The van der Waals surface area contributed by atoms with E-state index in [0.717, 1.165) is 22.8 Å². The van der Waals surface area contributed by atoms with Crippen molar-refractivity contribution in [1.82, 2.24) is 14.7 Å². The quantitative estimate of drug-likeness (QED) is 0.908. The number of aryl methyl sites for hydroxylation is 2. The van der Waals surface area contributed by atoms with Crippen LogP contribution in [0.3, 0.4) is 0 Å². The van der Waals surface area contributed by atoms with E-state index in [4.69, 9.17) is 4.74 Å². The van der Waals surface area contributed by atoms with E-state index < -0.39 is 0 Å². The molecule has 6 nitrogen and oxygen atoms in total. The average Bonchev–Trinajstić information content (AvgIpc) is 2.84. The normalized spacial score (nSPS) is 19.7. The van der Waals surface area contributed by atoms with Gasteiger partial charge in [-0.3, -0.25) is 0 Å². The molecule has 2 aromatic rings. The molecule has 1 aromatic heterocycles. The summed E-state index contributed by atoms with van der Waals surface area (Å²) in [5, 5.41) is 7.57. The first-order valence-corrected chi connectivity index (χ1v) is 8.61. The highest BCUT2D eigenvalue weighted by molar-refractivity contribution is 5.91. The molecular formula is C19H26N4O2. The summed E-state index contributed by atoms with van der Waals surface area (Å²) in [7, 11) is 0. The van der Waals surface area contributed by atoms with Crippen molar-refractivity contribution in [2.24, 2.45) is 0 Å². The number of rotatable bonds is 2. The summed E-state index contributed by atoms with van der Waals surface area (Å²) < 4.78 is 7.74. The van der Waals surface area contributed by atoms with Gasteiger partial charge >= 0.3 is 6.03 Å². The Bertz CT molecular complexity index is 781. The Labute approximate surface area is 148 Å². The highest BCUT2D eigenvalue weighted by Crippen LogP contribution is 2.24. The van der Waals surface area contributed by atoms with Crippen LogP contribution in [0, 0.1) is 13.8 Å². The van der Waals surface area contributed by atoms with E-state index in [1.807, 2.05) is 74.5 Å². The predicted molar refractivity (Wildman–Crippen MR) is 98.3 cm³/mol. The standard InChI is InChI=1S/C19H26N4O2/c1-13-10-14(2)23(21-13)17-9-7-6-8-16(17)20-18(24)22-11-15(3)25-19(4,5)12-22/h6-10,15H,11-12H2,1-5H3,(H,20,24). The van der Waals surface area contributed by atoms with Gasteiger partial charge in [-0.2, -0.15) is 5.10 Å². The molecule has 1 fully saturated rings. The van der Waals surface area contributed by atoms with Crippen molar-refractivity contribution >= 4 is 11.7 Å². The Kier molecular flexibility index (Phi) is 4.56. The minimum absolute atomic E-state index is 0.0146. The number of hydrogen-bond donors (Lipinski definition) is 1. The SMILES string of the molecule is Cc1cc(C)n(-c2ccccc2NC(=O)N2CC(C)OC(C)(C)C2)n1. The van der Waals surface area contributed by atoms with E-state index in [1.165, 1.54) is 0 Å².